The number of nitrogens with zero attached hydrogens (tertiary/aromatic N) is 2. The minimum absolute atomic E-state index is 0.462. The van der Waals surface area contributed by atoms with Crippen LogP contribution >= 0.6 is 11.3 Å². The summed E-state index contributed by atoms with van der Waals surface area (Å²) >= 11 is 1.82. The summed E-state index contributed by atoms with van der Waals surface area (Å²) in [5, 5.41) is 10.6. The number of guanidine groups is 1. The highest BCUT2D eigenvalue weighted by molar-refractivity contribution is 7.14. The van der Waals surface area contributed by atoms with Crippen molar-refractivity contribution in [3.05, 3.63) is 41.3 Å². The molecule has 0 unspecified atom stereocenters. The molecule has 0 aliphatic carbocycles. The Hall–Kier alpha value is -2.41. The third-order valence-corrected chi connectivity index (χ3v) is 6.21. The highest BCUT2D eigenvalue weighted by Gasteiger charge is 2.20. The summed E-state index contributed by atoms with van der Waals surface area (Å²) in [4.78, 5) is 7.30. The second kappa shape index (κ2) is 12.4. The van der Waals surface area contributed by atoms with Gasteiger partial charge in [0.05, 0.1) is 18.2 Å². The van der Waals surface area contributed by atoms with E-state index >= 15 is 0 Å². The Morgan fingerprint density at radius 3 is 2.55 bits per heavy atom. The zero-order chi connectivity index (χ0) is 21.9. The van der Waals surface area contributed by atoms with Crippen LogP contribution in [0.4, 0.5) is 5.00 Å². The van der Waals surface area contributed by atoms with Crippen molar-refractivity contribution in [3.8, 4) is 11.5 Å². The van der Waals surface area contributed by atoms with Crippen LogP contribution in [0.15, 0.2) is 40.7 Å². The second-order valence-corrected chi connectivity index (χ2v) is 8.44. The van der Waals surface area contributed by atoms with Crippen molar-refractivity contribution in [3.63, 3.8) is 0 Å². The first-order chi connectivity index (χ1) is 15.2. The molecule has 1 aromatic heterocycles. The fourth-order valence-corrected chi connectivity index (χ4v) is 4.54. The summed E-state index contributed by atoms with van der Waals surface area (Å²) in [6.07, 6.45) is 3.11. The Morgan fingerprint density at radius 1 is 1.10 bits per heavy atom. The van der Waals surface area contributed by atoms with Gasteiger partial charge in [0.1, 0.15) is 0 Å². The van der Waals surface area contributed by atoms with Crippen LogP contribution in [-0.4, -0.2) is 51.4 Å². The highest BCUT2D eigenvalue weighted by atomic mass is 32.1. The standard InChI is InChI=1S/C24H36N4O2S/c1-4-25-24(27-20-12-15-28(16-13-20)23-8-7-17-31-23)26-14-11-19-9-10-21(29-5-2)22(18-19)30-6-3/h7-10,17-18,20H,4-6,11-16H2,1-3H3,(H2,25,26,27). The van der Waals surface area contributed by atoms with Gasteiger partial charge in [-0.3, -0.25) is 4.99 Å². The quantitative estimate of drug-likeness (QED) is 0.422. The maximum atomic E-state index is 5.74. The molecule has 7 heteroatoms. The molecule has 1 aliphatic rings. The van der Waals surface area contributed by atoms with Gasteiger partial charge in [0, 0.05) is 32.2 Å². The van der Waals surface area contributed by atoms with E-state index < -0.39 is 0 Å². The van der Waals surface area contributed by atoms with Crippen LogP contribution in [0.1, 0.15) is 39.2 Å². The number of nitrogens with one attached hydrogen (secondary N) is 2. The fraction of sp³-hybridized carbons (Fsp3) is 0.542. The Kier molecular flexibility index (Phi) is 9.34. The van der Waals surface area contributed by atoms with E-state index in [9.17, 15) is 0 Å². The first-order valence-corrected chi connectivity index (χ1v) is 12.3. The van der Waals surface area contributed by atoms with E-state index in [-0.39, 0.29) is 0 Å². The topological polar surface area (TPSA) is 58.1 Å². The molecule has 3 rings (SSSR count). The number of benzene rings is 1. The van der Waals surface area contributed by atoms with Crippen LogP contribution in [0, 0.1) is 0 Å². The summed E-state index contributed by atoms with van der Waals surface area (Å²) in [5.41, 5.74) is 1.20. The van der Waals surface area contributed by atoms with Gasteiger partial charge in [0.15, 0.2) is 17.5 Å². The number of hydrogen-bond acceptors (Lipinski definition) is 5. The molecule has 31 heavy (non-hydrogen) atoms. The van der Waals surface area contributed by atoms with Crippen LogP contribution in [-0.2, 0) is 6.42 Å². The fourth-order valence-electron chi connectivity index (χ4n) is 3.76. The lowest BCUT2D eigenvalue weighted by Crippen LogP contribution is -2.48. The van der Waals surface area contributed by atoms with Crippen molar-refractivity contribution in [2.24, 2.45) is 4.99 Å². The van der Waals surface area contributed by atoms with E-state index in [4.69, 9.17) is 14.5 Å². The first-order valence-electron chi connectivity index (χ1n) is 11.4. The molecule has 2 N–H and O–H groups in total. The number of thiophene rings is 1. The molecular weight excluding hydrogens is 408 g/mol. The van der Waals surface area contributed by atoms with Gasteiger partial charge in [0.2, 0.25) is 0 Å². The van der Waals surface area contributed by atoms with Crippen molar-refractivity contribution < 1.29 is 9.47 Å². The van der Waals surface area contributed by atoms with Gasteiger partial charge in [-0.05, 0) is 75.2 Å². The van der Waals surface area contributed by atoms with E-state index in [1.165, 1.54) is 10.6 Å². The molecule has 2 aromatic rings. The lowest BCUT2D eigenvalue weighted by atomic mass is 10.1. The van der Waals surface area contributed by atoms with E-state index in [1.807, 2.05) is 31.3 Å². The lowest BCUT2D eigenvalue weighted by molar-refractivity contribution is 0.287. The summed E-state index contributed by atoms with van der Waals surface area (Å²) < 4.78 is 11.4. The van der Waals surface area contributed by atoms with E-state index in [0.717, 1.165) is 62.9 Å². The zero-order valence-corrected chi connectivity index (χ0v) is 19.8. The average Bonchev–Trinajstić information content (AvgIpc) is 3.31. The Morgan fingerprint density at radius 2 is 1.87 bits per heavy atom. The maximum absolute atomic E-state index is 5.74. The van der Waals surface area contributed by atoms with Crippen LogP contribution in [0.25, 0.3) is 0 Å². The Balaban J connectivity index is 1.52. The van der Waals surface area contributed by atoms with E-state index in [2.05, 4.69) is 52.1 Å². The molecule has 1 fully saturated rings. The van der Waals surface area contributed by atoms with Crippen molar-refractivity contribution in [1.29, 1.82) is 0 Å². The number of ether oxygens (including phenoxy) is 2. The summed E-state index contributed by atoms with van der Waals surface area (Å²) in [5.74, 6) is 2.53. The van der Waals surface area contributed by atoms with Crippen molar-refractivity contribution in [2.45, 2.75) is 46.1 Å². The maximum Gasteiger partial charge on any atom is 0.191 e. The average molecular weight is 445 g/mol. The normalized spacial score (nSPS) is 15.1. The second-order valence-electron chi connectivity index (χ2n) is 7.51. The molecule has 0 atom stereocenters. The SMILES string of the molecule is CCNC(=NCCc1ccc(OCC)c(OCC)c1)NC1CCN(c2cccs2)CC1. The molecule has 1 aromatic carbocycles. The molecule has 1 aliphatic heterocycles. The third kappa shape index (κ3) is 7.06. The first kappa shape index (κ1) is 23.3. The minimum atomic E-state index is 0.462. The Labute approximate surface area is 190 Å². The number of aliphatic imine (C=N–C) groups is 1. The number of anilines is 1. The molecule has 1 saturated heterocycles. The zero-order valence-electron chi connectivity index (χ0n) is 19.0. The van der Waals surface area contributed by atoms with Gasteiger partial charge in [-0.25, -0.2) is 0 Å². The van der Waals surface area contributed by atoms with Gasteiger partial charge in [-0.1, -0.05) is 6.07 Å². The van der Waals surface area contributed by atoms with E-state index in [1.54, 1.807) is 0 Å². The lowest BCUT2D eigenvalue weighted by Gasteiger charge is -2.33. The van der Waals surface area contributed by atoms with Crippen molar-refractivity contribution in [2.75, 3.05) is 44.3 Å². The molecule has 6 nitrogen and oxygen atoms in total. The molecule has 2 heterocycles. The smallest absolute Gasteiger partial charge is 0.191 e. The monoisotopic (exact) mass is 444 g/mol. The number of hydrogen-bond donors (Lipinski definition) is 2. The van der Waals surface area contributed by atoms with Gasteiger partial charge in [-0.2, -0.15) is 0 Å². The van der Waals surface area contributed by atoms with Gasteiger partial charge >= 0.3 is 0 Å². The summed E-state index contributed by atoms with van der Waals surface area (Å²) in [6, 6.07) is 11.0. The molecular formula is C24H36N4O2S. The summed E-state index contributed by atoms with van der Waals surface area (Å²) in [6.45, 7) is 11.1. The number of rotatable bonds is 10. The van der Waals surface area contributed by atoms with Gasteiger partial charge in [0.25, 0.3) is 0 Å². The van der Waals surface area contributed by atoms with Crippen LogP contribution < -0.4 is 25.0 Å². The van der Waals surface area contributed by atoms with Gasteiger partial charge in [-0.15, -0.1) is 11.3 Å². The predicted molar refractivity (Wildman–Crippen MR) is 131 cm³/mol. The molecule has 0 bridgehead atoms. The highest BCUT2D eigenvalue weighted by Crippen LogP contribution is 2.29. The van der Waals surface area contributed by atoms with Crippen LogP contribution in [0.5, 0.6) is 11.5 Å². The number of piperidine rings is 1. The summed E-state index contributed by atoms with van der Waals surface area (Å²) in [7, 11) is 0. The van der Waals surface area contributed by atoms with Crippen LogP contribution in [0.2, 0.25) is 0 Å². The molecule has 0 saturated carbocycles. The molecule has 0 radical (unpaired) electrons. The minimum Gasteiger partial charge on any atom is -0.490 e. The molecule has 0 amide bonds. The third-order valence-electron chi connectivity index (χ3n) is 5.28. The van der Waals surface area contributed by atoms with Gasteiger partial charge < -0.3 is 25.0 Å². The molecule has 0 spiro atoms. The molecule has 170 valence electrons. The van der Waals surface area contributed by atoms with E-state index in [0.29, 0.717) is 19.3 Å². The van der Waals surface area contributed by atoms with Crippen molar-refractivity contribution >= 4 is 22.3 Å². The van der Waals surface area contributed by atoms with Crippen molar-refractivity contribution in [1.82, 2.24) is 10.6 Å². The predicted octanol–water partition coefficient (Wildman–Crippen LogP) is 4.31. The van der Waals surface area contributed by atoms with Crippen LogP contribution in [0.3, 0.4) is 0 Å². The Bertz CT molecular complexity index is 802. The largest absolute Gasteiger partial charge is 0.490 e.